The van der Waals surface area contributed by atoms with E-state index in [4.69, 9.17) is 0 Å². The second-order valence-electron chi connectivity index (χ2n) is 3.58. The number of aromatic nitrogens is 2. The summed E-state index contributed by atoms with van der Waals surface area (Å²) in [4.78, 5) is 8.65. The molecule has 1 aromatic rings. The Morgan fingerprint density at radius 3 is 2.38 bits per heavy atom. The van der Waals surface area contributed by atoms with Gasteiger partial charge in [-0.05, 0) is 12.0 Å². The number of alkyl halides is 1. The molecule has 1 heterocycles. The molecule has 1 rings (SSSR count). The average Bonchev–Trinajstić information content (AvgIpc) is 2.04. The molecule has 0 spiro atoms. The number of halogens is 1. The fourth-order valence-electron chi connectivity index (χ4n) is 1.61. The average molecular weight is 243 g/mol. The van der Waals surface area contributed by atoms with Crippen molar-refractivity contribution in [1.82, 2.24) is 9.97 Å². The summed E-state index contributed by atoms with van der Waals surface area (Å²) >= 11 is 3.62. The highest BCUT2D eigenvalue weighted by atomic mass is 79.9. The molecule has 1 aromatic heterocycles. The molecule has 0 radical (unpaired) electrons. The molecule has 2 nitrogen and oxygen atoms in total. The maximum Gasteiger partial charge on any atom is 0.115 e. The van der Waals surface area contributed by atoms with Crippen molar-refractivity contribution in [3.05, 3.63) is 24.3 Å². The topological polar surface area (TPSA) is 25.8 Å². The lowest BCUT2D eigenvalue weighted by Crippen LogP contribution is -2.16. The highest BCUT2D eigenvalue weighted by Crippen LogP contribution is 2.30. The summed E-state index contributed by atoms with van der Waals surface area (Å²) in [7, 11) is 0. The van der Waals surface area contributed by atoms with Crippen LogP contribution >= 0.6 is 15.9 Å². The van der Waals surface area contributed by atoms with Gasteiger partial charge in [0.15, 0.2) is 0 Å². The fraction of sp³-hybridized carbons (Fsp3) is 0.600. The molecule has 2 atom stereocenters. The maximum absolute atomic E-state index is 4.28. The molecule has 0 aliphatic heterocycles. The van der Waals surface area contributed by atoms with Crippen LogP contribution in [0.4, 0.5) is 0 Å². The summed E-state index contributed by atoms with van der Waals surface area (Å²) in [6, 6.07) is 1.99. The van der Waals surface area contributed by atoms with Crippen molar-refractivity contribution in [3.63, 3.8) is 0 Å². The predicted molar refractivity (Wildman–Crippen MR) is 58.0 cm³/mol. The van der Waals surface area contributed by atoms with Crippen LogP contribution in [0.2, 0.25) is 0 Å². The van der Waals surface area contributed by atoms with E-state index in [9.17, 15) is 0 Å². The van der Waals surface area contributed by atoms with Gasteiger partial charge in [-0.15, -0.1) is 0 Å². The standard InChI is InChI=1S/C10H15BrN2/c1-7(2)10(8(3)11)9-4-5-12-6-13-9/h4-8,10H,1-3H3. The van der Waals surface area contributed by atoms with E-state index < -0.39 is 0 Å². The van der Waals surface area contributed by atoms with E-state index in [1.165, 1.54) is 0 Å². The van der Waals surface area contributed by atoms with Crippen LogP contribution in [0.1, 0.15) is 32.4 Å². The van der Waals surface area contributed by atoms with Crippen LogP contribution in [0.5, 0.6) is 0 Å². The zero-order valence-corrected chi connectivity index (χ0v) is 9.82. The Morgan fingerprint density at radius 1 is 1.31 bits per heavy atom. The largest absolute Gasteiger partial charge is 0.245 e. The van der Waals surface area contributed by atoms with Gasteiger partial charge in [-0.2, -0.15) is 0 Å². The molecule has 0 bridgehead atoms. The molecule has 0 N–H and O–H groups in total. The first-order valence-electron chi connectivity index (χ1n) is 4.53. The Bertz CT molecular complexity index is 238. The van der Waals surface area contributed by atoms with Gasteiger partial charge in [0, 0.05) is 22.6 Å². The van der Waals surface area contributed by atoms with Gasteiger partial charge in [-0.1, -0.05) is 36.7 Å². The van der Waals surface area contributed by atoms with Crippen LogP contribution in [0.15, 0.2) is 18.6 Å². The van der Waals surface area contributed by atoms with E-state index in [1.807, 2.05) is 6.07 Å². The maximum atomic E-state index is 4.28. The lowest BCUT2D eigenvalue weighted by Gasteiger charge is -2.22. The quantitative estimate of drug-likeness (QED) is 0.762. The van der Waals surface area contributed by atoms with Crippen molar-refractivity contribution >= 4 is 15.9 Å². The van der Waals surface area contributed by atoms with Gasteiger partial charge in [0.05, 0.1) is 0 Å². The molecule has 0 saturated heterocycles. The molecule has 3 heteroatoms. The molecule has 72 valence electrons. The normalized spacial score (nSPS) is 15.8. The minimum absolute atomic E-state index is 0.447. The zero-order chi connectivity index (χ0) is 9.84. The van der Waals surface area contributed by atoms with Gasteiger partial charge >= 0.3 is 0 Å². The predicted octanol–water partition coefficient (Wildman–Crippen LogP) is 3.00. The minimum Gasteiger partial charge on any atom is -0.245 e. The number of hydrogen-bond donors (Lipinski definition) is 0. The SMILES string of the molecule is CC(C)C(c1ccncn1)C(C)Br. The first kappa shape index (κ1) is 10.6. The van der Waals surface area contributed by atoms with E-state index in [1.54, 1.807) is 12.5 Å². The molecular formula is C10H15BrN2. The van der Waals surface area contributed by atoms with Crippen LogP contribution < -0.4 is 0 Å². The molecule has 13 heavy (non-hydrogen) atoms. The number of hydrogen-bond acceptors (Lipinski definition) is 2. The van der Waals surface area contributed by atoms with Gasteiger partial charge in [-0.3, -0.25) is 0 Å². The van der Waals surface area contributed by atoms with Crippen molar-refractivity contribution in [3.8, 4) is 0 Å². The van der Waals surface area contributed by atoms with Gasteiger partial charge in [0.25, 0.3) is 0 Å². The monoisotopic (exact) mass is 242 g/mol. The summed E-state index contributed by atoms with van der Waals surface area (Å²) in [6.45, 7) is 6.59. The molecule has 0 saturated carbocycles. The third-order valence-electron chi connectivity index (χ3n) is 2.16. The van der Waals surface area contributed by atoms with Crippen LogP contribution in [0, 0.1) is 5.92 Å². The highest BCUT2D eigenvalue weighted by molar-refractivity contribution is 9.09. The van der Waals surface area contributed by atoms with Crippen LogP contribution in [-0.2, 0) is 0 Å². The van der Waals surface area contributed by atoms with Crippen molar-refractivity contribution < 1.29 is 0 Å². The van der Waals surface area contributed by atoms with Gasteiger partial charge < -0.3 is 0 Å². The Kier molecular flexibility index (Phi) is 3.85. The molecule has 0 aliphatic rings. The Labute approximate surface area is 87.9 Å². The number of nitrogens with zero attached hydrogens (tertiary/aromatic N) is 2. The molecule has 0 fully saturated rings. The van der Waals surface area contributed by atoms with Crippen LogP contribution in [-0.4, -0.2) is 14.8 Å². The highest BCUT2D eigenvalue weighted by Gasteiger charge is 2.21. The van der Waals surface area contributed by atoms with Crippen molar-refractivity contribution in [1.29, 1.82) is 0 Å². The van der Waals surface area contributed by atoms with Crippen LogP contribution in [0.25, 0.3) is 0 Å². The van der Waals surface area contributed by atoms with E-state index in [-0.39, 0.29) is 0 Å². The lowest BCUT2D eigenvalue weighted by atomic mass is 9.90. The number of rotatable bonds is 3. The van der Waals surface area contributed by atoms with Crippen molar-refractivity contribution in [2.24, 2.45) is 5.92 Å². The third-order valence-corrected chi connectivity index (χ3v) is 2.73. The molecular weight excluding hydrogens is 228 g/mol. The van der Waals surface area contributed by atoms with Crippen molar-refractivity contribution in [2.45, 2.75) is 31.5 Å². The second kappa shape index (κ2) is 4.70. The van der Waals surface area contributed by atoms with Gasteiger partial charge in [0.1, 0.15) is 6.33 Å². The molecule has 0 aliphatic carbocycles. The minimum atomic E-state index is 0.447. The molecule has 0 amide bonds. The van der Waals surface area contributed by atoms with Crippen LogP contribution in [0.3, 0.4) is 0 Å². The van der Waals surface area contributed by atoms with E-state index in [2.05, 4.69) is 46.7 Å². The van der Waals surface area contributed by atoms with E-state index >= 15 is 0 Å². The Morgan fingerprint density at radius 2 is 2.00 bits per heavy atom. The summed E-state index contributed by atoms with van der Waals surface area (Å²) < 4.78 is 0. The molecule has 0 aromatic carbocycles. The van der Waals surface area contributed by atoms with Gasteiger partial charge in [0.2, 0.25) is 0 Å². The first-order valence-corrected chi connectivity index (χ1v) is 5.44. The first-order chi connectivity index (χ1) is 6.13. The van der Waals surface area contributed by atoms with E-state index in [0.717, 1.165) is 5.69 Å². The Hall–Kier alpha value is -0.440. The smallest absolute Gasteiger partial charge is 0.115 e. The summed E-state index contributed by atoms with van der Waals surface area (Å²) in [5, 5.41) is 0. The summed E-state index contributed by atoms with van der Waals surface area (Å²) in [5.74, 6) is 1.05. The summed E-state index contributed by atoms with van der Waals surface area (Å²) in [6.07, 6.45) is 3.41. The lowest BCUT2D eigenvalue weighted by molar-refractivity contribution is 0.487. The fourth-order valence-corrected chi connectivity index (χ4v) is 2.49. The van der Waals surface area contributed by atoms with Gasteiger partial charge in [-0.25, -0.2) is 9.97 Å². The Balaban J connectivity index is 2.89. The summed E-state index contributed by atoms with van der Waals surface area (Å²) in [5.41, 5.74) is 1.12. The second-order valence-corrected chi connectivity index (χ2v) is 5.03. The van der Waals surface area contributed by atoms with E-state index in [0.29, 0.717) is 16.7 Å². The zero-order valence-electron chi connectivity index (χ0n) is 8.24. The third kappa shape index (κ3) is 2.76. The molecule has 2 unspecified atom stereocenters. The van der Waals surface area contributed by atoms with Crippen molar-refractivity contribution in [2.75, 3.05) is 0 Å².